The molecule has 0 aliphatic heterocycles. The number of nitrogens with zero attached hydrogens (tertiary/aromatic N) is 3. The molecule has 3 heterocycles. The number of benzene rings is 2. The first kappa shape index (κ1) is 19.2. The SMILES string of the molecule is O=C(CCc1csc2nc(-c3ccccc3F)cn12)Nc1nc2ccc(Cl)cc2s1. The summed E-state index contributed by atoms with van der Waals surface area (Å²) in [6.45, 7) is 0. The molecule has 0 aliphatic rings. The van der Waals surface area contributed by atoms with Crippen LogP contribution in [0.25, 0.3) is 26.4 Å². The molecule has 3 aromatic heterocycles. The fourth-order valence-electron chi connectivity index (χ4n) is 3.18. The number of hydrogen-bond acceptors (Lipinski definition) is 5. The van der Waals surface area contributed by atoms with E-state index in [4.69, 9.17) is 11.6 Å². The molecule has 150 valence electrons. The van der Waals surface area contributed by atoms with Gasteiger partial charge in [-0.25, -0.2) is 14.4 Å². The normalized spacial score (nSPS) is 11.4. The zero-order valence-electron chi connectivity index (χ0n) is 15.4. The number of carbonyl (C=O) groups excluding carboxylic acids is 1. The molecule has 1 amide bonds. The number of aromatic nitrogens is 3. The van der Waals surface area contributed by atoms with Crippen LogP contribution in [-0.2, 0) is 11.2 Å². The molecule has 0 fully saturated rings. The molecule has 0 bridgehead atoms. The predicted octanol–water partition coefficient (Wildman–Crippen LogP) is 6.04. The number of thiazole rings is 2. The molecule has 0 unspecified atom stereocenters. The Labute approximate surface area is 183 Å². The fraction of sp³-hybridized carbons (Fsp3) is 0.0952. The van der Waals surface area contributed by atoms with Crippen molar-refractivity contribution in [1.82, 2.24) is 14.4 Å². The first-order chi connectivity index (χ1) is 14.6. The van der Waals surface area contributed by atoms with Crippen molar-refractivity contribution in [3.8, 4) is 11.3 Å². The summed E-state index contributed by atoms with van der Waals surface area (Å²) < 4.78 is 16.9. The van der Waals surface area contributed by atoms with Crippen molar-refractivity contribution in [1.29, 1.82) is 0 Å². The molecular formula is C21H14ClFN4OS2. The van der Waals surface area contributed by atoms with Gasteiger partial charge in [0.05, 0.1) is 15.9 Å². The van der Waals surface area contributed by atoms with Gasteiger partial charge in [0.25, 0.3) is 0 Å². The number of carbonyl (C=O) groups is 1. The molecule has 0 spiro atoms. The third kappa shape index (κ3) is 3.69. The lowest BCUT2D eigenvalue weighted by molar-refractivity contribution is -0.116. The molecule has 0 saturated carbocycles. The van der Waals surface area contributed by atoms with E-state index in [1.165, 1.54) is 28.7 Å². The van der Waals surface area contributed by atoms with E-state index in [-0.39, 0.29) is 11.7 Å². The summed E-state index contributed by atoms with van der Waals surface area (Å²) in [5.41, 5.74) is 2.81. The van der Waals surface area contributed by atoms with Gasteiger partial charge in [0.15, 0.2) is 10.1 Å². The van der Waals surface area contributed by atoms with E-state index in [9.17, 15) is 9.18 Å². The third-order valence-corrected chi connectivity index (χ3v) is 6.70. The van der Waals surface area contributed by atoms with E-state index in [2.05, 4.69) is 15.3 Å². The highest BCUT2D eigenvalue weighted by molar-refractivity contribution is 7.22. The van der Waals surface area contributed by atoms with E-state index >= 15 is 0 Å². The summed E-state index contributed by atoms with van der Waals surface area (Å²) in [7, 11) is 0. The standard InChI is InChI=1S/C21H14ClFN4OS2/c22-12-5-7-16-18(9-12)30-20(24-16)26-19(28)8-6-13-11-29-21-25-17(10-27(13)21)14-3-1-2-4-15(14)23/h1-5,7,9-11H,6,8H2,(H,24,26,28). The smallest absolute Gasteiger partial charge is 0.226 e. The molecule has 1 N–H and O–H groups in total. The van der Waals surface area contributed by atoms with Gasteiger partial charge in [-0.15, -0.1) is 11.3 Å². The lowest BCUT2D eigenvalue weighted by Gasteiger charge is -2.01. The van der Waals surface area contributed by atoms with Gasteiger partial charge in [-0.3, -0.25) is 9.20 Å². The maximum atomic E-state index is 14.1. The van der Waals surface area contributed by atoms with Gasteiger partial charge < -0.3 is 5.32 Å². The molecule has 9 heteroatoms. The quantitative estimate of drug-likeness (QED) is 0.351. The van der Waals surface area contributed by atoms with Crippen LogP contribution in [0.2, 0.25) is 5.02 Å². The molecule has 5 nitrogen and oxygen atoms in total. The lowest BCUT2D eigenvalue weighted by atomic mass is 10.1. The Kier molecular flexibility index (Phi) is 4.98. The van der Waals surface area contributed by atoms with Crippen LogP contribution in [0.5, 0.6) is 0 Å². The number of amides is 1. The Morgan fingerprint density at radius 3 is 2.93 bits per heavy atom. The van der Waals surface area contributed by atoms with Crippen molar-refractivity contribution >= 4 is 60.5 Å². The van der Waals surface area contributed by atoms with Crippen molar-refractivity contribution in [3.05, 3.63) is 70.6 Å². The van der Waals surface area contributed by atoms with Gasteiger partial charge in [-0.2, -0.15) is 0 Å². The fourth-order valence-corrected chi connectivity index (χ4v) is 5.25. The highest BCUT2D eigenvalue weighted by Gasteiger charge is 2.14. The van der Waals surface area contributed by atoms with Gasteiger partial charge in [-0.1, -0.05) is 35.1 Å². The Balaban J connectivity index is 1.29. The minimum Gasteiger partial charge on any atom is -0.302 e. The van der Waals surface area contributed by atoms with Gasteiger partial charge in [0, 0.05) is 34.3 Å². The number of halogens is 2. The number of nitrogens with one attached hydrogen (secondary N) is 1. The van der Waals surface area contributed by atoms with Crippen LogP contribution in [0.4, 0.5) is 9.52 Å². The zero-order valence-corrected chi connectivity index (χ0v) is 17.8. The van der Waals surface area contributed by atoms with E-state index < -0.39 is 0 Å². The molecule has 5 rings (SSSR count). The van der Waals surface area contributed by atoms with Crippen LogP contribution >= 0.6 is 34.3 Å². The minimum atomic E-state index is -0.304. The van der Waals surface area contributed by atoms with Crippen LogP contribution in [-0.4, -0.2) is 20.3 Å². The van der Waals surface area contributed by atoms with E-state index in [1.54, 1.807) is 24.3 Å². The zero-order chi connectivity index (χ0) is 20.7. The Bertz CT molecular complexity index is 1390. The van der Waals surface area contributed by atoms with Crippen molar-refractivity contribution in [3.63, 3.8) is 0 Å². The first-order valence-corrected chi connectivity index (χ1v) is 11.2. The van der Waals surface area contributed by atoms with E-state index in [0.29, 0.717) is 34.3 Å². The summed E-state index contributed by atoms with van der Waals surface area (Å²) in [6.07, 6.45) is 2.65. The minimum absolute atomic E-state index is 0.117. The molecule has 0 saturated heterocycles. The summed E-state index contributed by atoms with van der Waals surface area (Å²) in [5.74, 6) is -0.421. The first-order valence-electron chi connectivity index (χ1n) is 9.13. The van der Waals surface area contributed by atoms with Gasteiger partial charge in [0.1, 0.15) is 5.82 Å². The van der Waals surface area contributed by atoms with E-state index in [0.717, 1.165) is 20.9 Å². The third-order valence-electron chi connectivity index (χ3n) is 4.64. The number of imidazole rings is 1. The Morgan fingerprint density at radius 1 is 1.20 bits per heavy atom. The lowest BCUT2D eigenvalue weighted by Crippen LogP contribution is -2.12. The molecule has 2 aromatic carbocycles. The summed E-state index contributed by atoms with van der Waals surface area (Å²) in [6, 6.07) is 12.0. The number of hydrogen-bond donors (Lipinski definition) is 1. The maximum absolute atomic E-state index is 14.1. The highest BCUT2D eigenvalue weighted by Crippen LogP contribution is 2.29. The molecule has 0 radical (unpaired) electrons. The number of aryl methyl sites for hydroxylation is 1. The number of rotatable bonds is 5. The Hall–Kier alpha value is -2.81. The van der Waals surface area contributed by atoms with Crippen molar-refractivity contribution in [2.24, 2.45) is 0 Å². The topological polar surface area (TPSA) is 59.3 Å². The van der Waals surface area contributed by atoms with E-state index in [1.807, 2.05) is 28.1 Å². The summed E-state index contributed by atoms with van der Waals surface area (Å²) in [4.78, 5) is 22.1. The van der Waals surface area contributed by atoms with Crippen LogP contribution in [0.1, 0.15) is 12.1 Å². The van der Waals surface area contributed by atoms with Gasteiger partial charge >= 0.3 is 0 Å². The second-order valence-electron chi connectivity index (χ2n) is 6.66. The van der Waals surface area contributed by atoms with Crippen molar-refractivity contribution in [2.45, 2.75) is 12.8 Å². The Morgan fingerprint density at radius 2 is 2.07 bits per heavy atom. The van der Waals surface area contributed by atoms with Crippen molar-refractivity contribution in [2.75, 3.05) is 5.32 Å². The average Bonchev–Trinajstić information content (AvgIpc) is 3.40. The van der Waals surface area contributed by atoms with Crippen LogP contribution in [0, 0.1) is 5.82 Å². The van der Waals surface area contributed by atoms with Crippen LogP contribution < -0.4 is 5.32 Å². The molecule has 5 aromatic rings. The predicted molar refractivity (Wildman–Crippen MR) is 120 cm³/mol. The average molecular weight is 457 g/mol. The highest BCUT2D eigenvalue weighted by atomic mass is 35.5. The second kappa shape index (κ2) is 7.79. The molecular weight excluding hydrogens is 443 g/mol. The van der Waals surface area contributed by atoms with Gasteiger partial charge in [-0.05, 0) is 36.8 Å². The molecule has 0 aliphatic carbocycles. The monoisotopic (exact) mass is 456 g/mol. The largest absolute Gasteiger partial charge is 0.302 e. The molecule has 0 atom stereocenters. The summed E-state index contributed by atoms with van der Waals surface area (Å²) >= 11 is 8.86. The van der Waals surface area contributed by atoms with Gasteiger partial charge in [0.2, 0.25) is 5.91 Å². The van der Waals surface area contributed by atoms with Crippen LogP contribution in [0.3, 0.4) is 0 Å². The molecule has 30 heavy (non-hydrogen) atoms. The summed E-state index contributed by atoms with van der Waals surface area (Å²) in [5, 5.41) is 6.02. The number of anilines is 1. The van der Waals surface area contributed by atoms with Crippen LogP contribution in [0.15, 0.2) is 54.0 Å². The maximum Gasteiger partial charge on any atom is 0.226 e. The number of fused-ring (bicyclic) bond motifs is 2. The second-order valence-corrected chi connectivity index (χ2v) is 8.97. The van der Waals surface area contributed by atoms with Crippen molar-refractivity contribution < 1.29 is 9.18 Å².